The van der Waals surface area contributed by atoms with Crippen LogP contribution in [-0.4, -0.2) is 66.7 Å². The van der Waals surface area contributed by atoms with Gasteiger partial charge in [0.2, 0.25) is 15.8 Å². The van der Waals surface area contributed by atoms with Crippen LogP contribution in [0.15, 0.2) is 120 Å². The normalized spacial score (nSPS) is 13.8. The van der Waals surface area contributed by atoms with Gasteiger partial charge in [0.15, 0.2) is 0 Å². The van der Waals surface area contributed by atoms with Gasteiger partial charge < -0.3 is 14.8 Å². The molecule has 0 fully saturated rings. The molecule has 1 aliphatic heterocycles. The zero-order valence-corrected chi connectivity index (χ0v) is 33.5. The molecule has 3 N–H and O–H groups in total. The number of hydrogen-bond donors (Lipinski definition) is 2. The van der Waals surface area contributed by atoms with E-state index in [1.807, 2.05) is 97.9 Å². The van der Waals surface area contributed by atoms with Gasteiger partial charge in [0.05, 0.1) is 4.92 Å². The number of benzene rings is 5. The number of nitro benzene ring substituents is 1. The zero-order valence-electron chi connectivity index (χ0n) is 31.9. The van der Waals surface area contributed by atoms with Crippen LogP contribution in [0.25, 0.3) is 22.0 Å². The quantitative estimate of drug-likeness (QED) is 0.0602. The molecule has 294 valence electrons. The van der Waals surface area contributed by atoms with Gasteiger partial charge in [-0.3, -0.25) is 19.8 Å². The maximum absolute atomic E-state index is 14.4. The minimum atomic E-state index is -4.53. The largest absolute Gasteiger partial charge is 0.377 e. The van der Waals surface area contributed by atoms with Crippen molar-refractivity contribution in [3.05, 3.63) is 158 Å². The molecule has 6 aromatic rings. The van der Waals surface area contributed by atoms with E-state index < -0.39 is 36.9 Å². The van der Waals surface area contributed by atoms with E-state index in [2.05, 4.69) is 26.9 Å². The van der Waals surface area contributed by atoms with Crippen molar-refractivity contribution < 1.29 is 18.1 Å². The van der Waals surface area contributed by atoms with Gasteiger partial charge in [-0.2, -0.15) is 0 Å². The summed E-state index contributed by atoms with van der Waals surface area (Å²) >= 11 is 6.16. The summed E-state index contributed by atoms with van der Waals surface area (Å²) < 4.78 is 28.1. The number of ketones is 1. The number of rotatable bonds is 15. The van der Waals surface area contributed by atoms with Crippen LogP contribution in [0.1, 0.15) is 45.6 Å². The molecule has 0 radical (unpaired) electrons. The molecule has 2 heterocycles. The summed E-state index contributed by atoms with van der Waals surface area (Å²) in [5.41, 5.74) is 5.55. The maximum atomic E-state index is 14.4. The monoisotopic (exact) mass is 804 g/mol. The number of primary sulfonamides is 1. The van der Waals surface area contributed by atoms with E-state index in [1.165, 1.54) is 17.7 Å². The number of nitrogens with zero attached hydrogens (tertiary/aromatic N) is 4. The Morgan fingerprint density at radius 1 is 0.930 bits per heavy atom. The number of nitrogens with two attached hydrogens (primary N) is 1. The van der Waals surface area contributed by atoms with Crippen LogP contribution >= 0.6 is 11.6 Å². The molecule has 5 aromatic carbocycles. The number of aromatic nitrogens is 1. The molecule has 1 unspecified atom stereocenters. The van der Waals surface area contributed by atoms with E-state index in [1.54, 1.807) is 12.1 Å². The first-order valence-corrected chi connectivity index (χ1v) is 20.8. The van der Waals surface area contributed by atoms with Crippen LogP contribution in [0.4, 0.5) is 11.4 Å². The van der Waals surface area contributed by atoms with Crippen LogP contribution in [0.2, 0.25) is 5.02 Å². The number of halogens is 1. The van der Waals surface area contributed by atoms with Crippen LogP contribution in [-0.2, 0) is 36.1 Å². The lowest BCUT2D eigenvalue weighted by molar-refractivity contribution is -0.384. The first kappa shape index (κ1) is 39.8. The second kappa shape index (κ2) is 17.0. The summed E-state index contributed by atoms with van der Waals surface area (Å²) in [5, 5.41) is 23.3. The molecule has 0 saturated heterocycles. The lowest BCUT2D eigenvalue weighted by Crippen LogP contribution is -2.33. The van der Waals surface area contributed by atoms with Crippen LogP contribution in [0, 0.1) is 10.1 Å². The Labute approximate surface area is 337 Å². The Bertz CT molecular complexity index is 2540. The van der Waals surface area contributed by atoms with Crippen molar-refractivity contribution in [3.63, 3.8) is 0 Å². The number of carbonyl (C=O) groups excluding carboxylic acids is 1. The van der Waals surface area contributed by atoms with Crippen molar-refractivity contribution in [2.45, 2.75) is 49.8 Å². The predicted octanol–water partition coefficient (Wildman–Crippen LogP) is 8.13. The van der Waals surface area contributed by atoms with E-state index in [0.29, 0.717) is 31.0 Å². The molecule has 11 nitrogen and oxygen atoms in total. The zero-order chi connectivity index (χ0) is 40.3. The SMILES string of the molecule is CN(C)CCC(CCc1ccccc1)Nc1ccc(S(N)(=O)=O)c(C(=O)c2ccc3c(c2)cc2n3CCN(Cc3ccccc3-c3ccc(Cl)cc3)C2)c1[N+](=O)[O-]. The Kier molecular flexibility index (Phi) is 11.9. The predicted molar refractivity (Wildman–Crippen MR) is 226 cm³/mol. The van der Waals surface area contributed by atoms with Crippen molar-refractivity contribution in [2.75, 3.05) is 32.5 Å². The van der Waals surface area contributed by atoms with Crippen molar-refractivity contribution >= 4 is 49.7 Å². The van der Waals surface area contributed by atoms with E-state index in [9.17, 15) is 23.3 Å². The summed E-state index contributed by atoms with van der Waals surface area (Å²) in [6.07, 6.45) is 2.02. The third-order valence-electron chi connectivity index (χ3n) is 10.6. The first-order chi connectivity index (χ1) is 27.4. The van der Waals surface area contributed by atoms with Gasteiger partial charge in [0, 0.05) is 59.4 Å². The molecule has 0 saturated carbocycles. The third kappa shape index (κ3) is 9.11. The second-order valence-electron chi connectivity index (χ2n) is 14.9. The van der Waals surface area contributed by atoms with Gasteiger partial charge in [-0.1, -0.05) is 78.3 Å². The highest BCUT2D eigenvalue weighted by molar-refractivity contribution is 7.89. The van der Waals surface area contributed by atoms with Crippen molar-refractivity contribution in [1.29, 1.82) is 0 Å². The number of sulfonamides is 1. The molecule has 7 rings (SSSR count). The lowest BCUT2D eigenvalue weighted by atomic mass is 9.98. The van der Waals surface area contributed by atoms with E-state index in [0.717, 1.165) is 59.3 Å². The second-order valence-corrected chi connectivity index (χ2v) is 16.8. The smallest absolute Gasteiger partial charge is 0.304 e. The van der Waals surface area contributed by atoms with Crippen molar-refractivity contribution in [2.24, 2.45) is 5.14 Å². The number of fused-ring (bicyclic) bond motifs is 3. The lowest BCUT2D eigenvalue weighted by Gasteiger charge is -2.29. The van der Waals surface area contributed by atoms with Gasteiger partial charge >= 0.3 is 5.69 Å². The van der Waals surface area contributed by atoms with Crippen LogP contribution < -0.4 is 10.5 Å². The molecule has 13 heteroatoms. The highest BCUT2D eigenvalue weighted by Gasteiger charge is 2.34. The minimum absolute atomic E-state index is 0.0608. The molecule has 0 spiro atoms. The summed E-state index contributed by atoms with van der Waals surface area (Å²) in [5.74, 6) is -0.796. The summed E-state index contributed by atoms with van der Waals surface area (Å²) in [4.78, 5) is 30.4. The van der Waals surface area contributed by atoms with Gasteiger partial charge in [0.1, 0.15) is 16.1 Å². The highest BCUT2D eigenvalue weighted by Crippen LogP contribution is 2.37. The van der Waals surface area contributed by atoms with Crippen molar-refractivity contribution in [3.8, 4) is 11.1 Å². The van der Waals surface area contributed by atoms with Gasteiger partial charge in [-0.05, 0) is 111 Å². The molecule has 57 heavy (non-hydrogen) atoms. The first-order valence-electron chi connectivity index (χ1n) is 18.9. The highest BCUT2D eigenvalue weighted by atomic mass is 35.5. The third-order valence-corrected chi connectivity index (χ3v) is 11.8. The van der Waals surface area contributed by atoms with Crippen molar-refractivity contribution in [1.82, 2.24) is 14.4 Å². The number of anilines is 1. The average molecular weight is 805 g/mol. The molecule has 1 aliphatic rings. The Morgan fingerprint density at radius 3 is 2.39 bits per heavy atom. The number of nitrogens with one attached hydrogen (secondary N) is 1. The molecule has 0 aliphatic carbocycles. The summed E-state index contributed by atoms with van der Waals surface area (Å²) in [7, 11) is -0.629. The van der Waals surface area contributed by atoms with E-state index >= 15 is 0 Å². The standard InChI is InChI=1S/C44H45ClN6O5S/c1-48(2)23-22-36(18-12-30-8-4-3-5-9-30)47-39-19-21-41(57(46,55)56)42(43(39)51(53)54)44(52)32-15-20-40-34(26-32)27-37-29-49(24-25-50(37)40)28-33-10-6-7-11-38(33)31-13-16-35(45)17-14-31/h3-11,13-17,19-21,26-27,36,47H,12,18,22-25,28-29H2,1-2H3,(H2,46,55,56). The Morgan fingerprint density at radius 2 is 1.67 bits per heavy atom. The molecule has 0 bridgehead atoms. The number of nitro groups is 1. The van der Waals surface area contributed by atoms with Gasteiger partial charge in [-0.15, -0.1) is 0 Å². The molecular weight excluding hydrogens is 760 g/mol. The van der Waals surface area contributed by atoms with E-state index in [-0.39, 0.29) is 17.3 Å². The fourth-order valence-corrected chi connectivity index (χ4v) is 8.60. The number of aryl methyl sites for hydroxylation is 1. The van der Waals surface area contributed by atoms with Crippen LogP contribution in [0.5, 0.6) is 0 Å². The summed E-state index contributed by atoms with van der Waals surface area (Å²) in [6.45, 7) is 3.63. The molecular formula is C44H45ClN6O5S. The number of carbonyl (C=O) groups is 1. The van der Waals surface area contributed by atoms with Gasteiger partial charge in [0.25, 0.3) is 0 Å². The van der Waals surface area contributed by atoms with E-state index in [4.69, 9.17) is 16.7 Å². The Hall–Kier alpha value is -5.37. The topological polar surface area (TPSA) is 144 Å². The molecule has 0 amide bonds. The molecule has 1 atom stereocenters. The fourth-order valence-electron chi connectivity index (χ4n) is 7.75. The Balaban J connectivity index is 1.18. The average Bonchev–Trinajstić information content (AvgIpc) is 3.56. The molecule has 1 aromatic heterocycles. The minimum Gasteiger partial charge on any atom is -0.377 e. The summed E-state index contributed by atoms with van der Waals surface area (Å²) in [6, 6.07) is 35.5. The van der Waals surface area contributed by atoms with Crippen LogP contribution in [0.3, 0.4) is 0 Å². The number of hydrogen-bond acceptors (Lipinski definition) is 8. The van der Waals surface area contributed by atoms with Gasteiger partial charge in [-0.25, -0.2) is 13.6 Å². The fraction of sp³-hybridized carbons (Fsp3) is 0.250. The maximum Gasteiger partial charge on any atom is 0.304 e.